The van der Waals surface area contributed by atoms with Crippen LogP contribution in [0.25, 0.3) is 0 Å². The third-order valence-electron chi connectivity index (χ3n) is 0.754. The Morgan fingerprint density at radius 3 is 1.71 bits per heavy atom. The summed E-state index contributed by atoms with van der Waals surface area (Å²) in [4.78, 5) is 0. The van der Waals surface area contributed by atoms with Crippen LogP contribution in [0.3, 0.4) is 0 Å². The van der Waals surface area contributed by atoms with Crippen molar-refractivity contribution in [2.24, 2.45) is 7.05 Å². The summed E-state index contributed by atoms with van der Waals surface area (Å²) in [6, 6.07) is 4.00. The second-order valence-electron chi connectivity index (χ2n) is 1.35. The zero-order valence-corrected chi connectivity index (χ0v) is 4.26. The SMILES string of the molecule is Cn1cccc1.O. The average molecular weight is 99.1 g/mol. The zero-order chi connectivity index (χ0) is 4.41. The van der Waals surface area contributed by atoms with Crippen molar-refractivity contribution in [2.45, 2.75) is 0 Å². The van der Waals surface area contributed by atoms with E-state index in [9.17, 15) is 0 Å². The molecule has 1 aromatic rings. The lowest BCUT2D eigenvalue weighted by Gasteiger charge is -1.79. The molecule has 0 spiro atoms. The molecular weight excluding hydrogens is 90.1 g/mol. The van der Waals surface area contributed by atoms with Crippen molar-refractivity contribution in [3.8, 4) is 0 Å². The summed E-state index contributed by atoms with van der Waals surface area (Å²) < 4.78 is 2.00. The van der Waals surface area contributed by atoms with E-state index < -0.39 is 0 Å². The number of aromatic nitrogens is 1. The van der Waals surface area contributed by atoms with Gasteiger partial charge in [0.05, 0.1) is 0 Å². The van der Waals surface area contributed by atoms with Crippen LogP contribution >= 0.6 is 0 Å². The van der Waals surface area contributed by atoms with E-state index in [0.717, 1.165) is 0 Å². The largest absolute Gasteiger partial charge is 0.412 e. The fourth-order valence-electron chi connectivity index (χ4n) is 0.421. The highest BCUT2D eigenvalue weighted by Crippen LogP contribution is 1.80. The zero-order valence-electron chi connectivity index (χ0n) is 4.26. The van der Waals surface area contributed by atoms with Gasteiger partial charge >= 0.3 is 0 Å². The highest BCUT2D eigenvalue weighted by Gasteiger charge is 1.68. The normalized spacial score (nSPS) is 7.57. The summed E-state index contributed by atoms with van der Waals surface area (Å²) in [5, 5.41) is 0. The molecular formula is C5H9NO. The van der Waals surface area contributed by atoms with Crippen molar-refractivity contribution in [3.63, 3.8) is 0 Å². The van der Waals surface area contributed by atoms with Gasteiger partial charge in [0.1, 0.15) is 0 Å². The van der Waals surface area contributed by atoms with Gasteiger partial charge in [0, 0.05) is 19.4 Å². The summed E-state index contributed by atoms with van der Waals surface area (Å²) in [6.45, 7) is 0. The molecule has 1 heterocycles. The smallest absolute Gasteiger partial charge is 0.0106 e. The van der Waals surface area contributed by atoms with Crippen LogP contribution in [0.5, 0.6) is 0 Å². The van der Waals surface area contributed by atoms with Crippen molar-refractivity contribution in [3.05, 3.63) is 24.5 Å². The second kappa shape index (κ2) is 2.42. The average Bonchev–Trinajstić information content (AvgIpc) is 1.86. The minimum atomic E-state index is 0. The molecule has 1 aromatic heterocycles. The first-order chi connectivity index (χ1) is 2.89. The molecule has 2 nitrogen and oxygen atoms in total. The third-order valence-corrected chi connectivity index (χ3v) is 0.754. The van der Waals surface area contributed by atoms with Gasteiger partial charge in [0.25, 0.3) is 0 Å². The molecule has 0 aliphatic heterocycles. The van der Waals surface area contributed by atoms with Gasteiger partial charge in [-0.15, -0.1) is 0 Å². The molecule has 0 bridgehead atoms. The van der Waals surface area contributed by atoms with Crippen molar-refractivity contribution in [2.75, 3.05) is 0 Å². The molecule has 2 N–H and O–H groups in total. The lowest BCUT2D eigenvalue weighted by molar-refractivity contribution is 0.824. The molecule has 0 saturated carbocycles. The van der Waals surface area contributed by atoms with Crippen molar-refractivity contribution in [1.29, 1.82) is 0 Å². The summed E-state index contributed by atoms with van der Waals surface area (Å²) in [5.74, 6) is 0. The highest BCUT2D eigenvalue weighted by molar-refractivity contribution is 4.88. The molecule has 0 aliphatic rings. The lowest BCUT2D eigenvalue weighted by Crippen LogP contribution is -1.75. The minimum Gasteiger partial charge on any atom is -0.412 e. The van der Waals surface area contributed by atoms with E-state index in [0.29, 0.717) is 0 Å². The molecule has 0 radical (unpaired) electrons. The van der Waals surface area contributed by atoms with Crippen molar-refractivity contribution < 1.29 is 5.48 Å². The summed E-state index contributed by atoms with van der Waals surface area (Å²) in [6.07, 6.45) is 4.00. The van der Waals surface area contributed by atoms with Gasteiger partial charge in [0.2, 0.25) is 0 Å². The number of nitrogens with zero attached hydrogens (tertiary/aromatic N) is 1. The maximum absolute atomic E-state index is 2.00. The van der Waals surface area contributed by atoms with E-state index in [1.54, 1.807) is 0 Å². The van der Waals surface area contributed by atoms with Gasteiger partial charge in [-0.05, 0) is 12.1 Å². The summed E-state index contributed by atoms with van der Waals surface area (Å²) in [7, 11) is 2.00. The van der Waals surface area contributed by atoms with Crippen LogP contribution in [0.2, 0.25) is 0 Å². The first-order valence-corrected chi connectivity index (χ1v) is 1.96. The molecule has 0 fully saturated rings. The number of aryl methyl sites for hydroxylation is 1. The summed E-state index contributed by atoms with van der Waals surface area (Å²) in [5.41, 5.74) is 0. The molecule has 1 rings (SSSR count). The predicted molar refractivity (Wildman–Crippen MR) is 29.0 cm³/mol. The summed E-state index contributed by atoms with van der Waals surface area (Å²) >= 11 is 0. The van der Waals surface area contributed by atoms with Gasteiger partial charge in [-0.1, -0.05) is 0 Å². The van der Waals surface area contributed by atoms with Gasteiger partial charge in [0.15, 0.2) is 0 Å². The topological polar surface area (TPSA) is 36.4 Å². The number of hydrogen-bond acceptors (Lipinski definition) is 0. The van der Waals surface area contributed by atoms with Gasteiger partial charge < -0.3 is 10.0 Å². The van der Waals surface area contributed by atoms with E-state index in [2.05, 4.69) is 0 Å². The quantitative estimate of drug-likeness (QED) is 0.445. The van der Waals surface area contributed by atoms with Crippen molar-refractivity contribution >= 4 is 0 Å². The molecule has 0 amide bonds. The Morgan fingerprint density at radius 1 is 1.14 bits per heavy atom. The molecule has 0 unspecified atom stereocenters. The van der Waals surface area contributed by atoms with Crippen LogP contribution in [-0.4, -0.2) is 10.0 Å². The van der Waals surface area contributed by atoms with Crippen LogP contribution < -0.4 is 0 Å². The Balaban J connectivity index is 0.000000360. The molecule has 0 atom stereocenters. The van der Waals surface area contributed by atoms with Crippen LogP contribution in [0, 0.1) is 0 Å². The number of rotatable bonds is 0. The molecule has 7 heavy (non-hydrogen) atoms. The van der Waals surface area contributed by atoms with Gasteiger partial charge in [-0.3, -0.25) is 0 Å². The van der Waals surface area contributed by atoms with Gasteiger partial charge in [-0.2, -0.15) is 0 Å². The maximum atomic E-state index is 2.00. The maximum Gasteiger partial charge on any atom is 0.0106 e. The van der Waals surface area contributed by atoms with Crippen LogP contribution in [0.15, 0.2) is 24.5 Å². The third kappa shape index (κ3) is 1.41. The Kier molecular flexibility index (Phi) is 2.16. The van der Waals surface area contributed by atoms with Crippen LogP contribution in [0.4, 0.5) is 0 Å². The lowest BCUT2D eigenvalue weighted by atomic mass is 10.7. The molecule has 40 valence electrons. The fraction of sp³-hybridized carbons (Fsp3) is 0.200. The van der Waals surface area contributed by atoms with E-state index >= 15 is 0 Å². The second-order valence-corrected chi connectivity index (χ2v) is 1.35. The van der Waals surface area contributed by atoms with E-state index in [-0.39, 0.29) is 5.48 Å². The first-order valence-electron chi connectivity index (χ1n) is 1.96. The molecule has 0 aromatic carbocycles. The predicted octanol–water partition coefficient (Wildman–Crippen LogP) is 0.200. The van der Waals surface area contributed by atoms with Crippen LogP contribution in [-0.2, 0) is 7.05 Å². The van der Waals surface area contributed by atoms with E-state index in [4.69, 9.17) is 0 Å². The highest BCUT2D eigenvalue weighted by atomic mass is 16.0. The Morgan fingerprint density at radius 2 is 1.57 bits per heavy atom. The minimum absolute atomic E-state index is 0. The first kappa shape index (κ1) is 6.24. The standard InChI is InChI=1S/C5H7N.H2O/c1-6-4-2-3-5-6;/h2-5H,1H3;1H2. The molecule has 0 aliphatic carbocycles. The van der Waals surface area contributed by atoms with Crippen LogP contribution in [0.1, 0.15) is 0 Å². The van der Waals surface area contributed by atoms with E-state index in [1.807, 2.05) is 36.1 Å². The Labute approximate surface area is 42.7 Å². The van der Waals surface area contributed by atoms with Gasteiger partial charge in [-0.25, -0.2) is 0 Å². The Bertz CT molecular complexity index is 112. The molecule has 2 heteroatoms. The van der Waals surface area contributed by atoms with Crippen molar-refractivity contribution in [1.82, 2.24) is 4.57 Å². The molecule has 0 saturated heterocycles. The number of hydrogen-bond donors (Lipinski definition) is 0. The monoisotopic (exact) mass is 99.1 g/mol. The van der Waals surface area contributed by atoms with E-state index in [1.165, 1.54) is 0 Å². The Hall–Kier alpha value is -0.760. The fourth-order valence-corrected chi connectivity index (χ4v) is 0.421.